The molecule has 0 bridgehead atoms. The zero-order valence-corrected chi connectivity index (χ0v) is 18.7. The second kappa shape index (κ2) is 11.1. The smallest absolute Gasteiger partial charge is 0.332 e. The van der Waals surface area contributed by atoms with E-state index in [2.05, 4.69) is 16.2 Å². The first-order valence-corrected chi connectivity index (χ1v) is 11.4. The van der Waals surface area contributed by atoms with Gasteiger partial charge < -0.3 is 15.5 Å². The van der Waals surface area contributed by atoms with Crippen LogP contribution < -0.4 is 16.2 Å². The van der Waals surface area contributed by atoms with Crippen molar-refractivity contribution in [1.29, 1.82) is 0 Å². The molecular formula is C27H29N3O4. The van der Waals surface area contributed by atoms with E-state index in [0.717, 1.165) is 22.3 Å². The normalized spacial score (nSPS) is 19.3. The van der Waals surface area contributed by atoms with Crippen molar-refractivity contribution in [2.75, 3.05) is 0 Å². The molecule has 0 saturated carbocycles. The number of aliphatic carboxylic acids is 1. The summed E-state index contributed by atoms with van der Waals surface area (Å²) >= 11 is 0. The summed E-state index contributed by atoms with van der Waals surface area (Å²) in [5.74, 6) is -1.53. The Morgan fingerprint density at radius 3 is 2.15 bits per heavy atom. The van der Waals surface area contributed by atoms with Gasteiger partial charge in [0.15, 0.2) is 6.10 Å². The van der Waals surface area contributed by atoms with Crippen LogP contribution in [0.5, 0.6) is 0 Å². The Balaban J connectivity index is 1.41. The third kappa shape index (κ3) is 6.08. The van der Waals surface area contributed by atoms with Gasteiger partial charge in [0.1, 0.15) is 6.04 Å². The minimum absolute atomic E-state index is 0.00513. The molecule has 0 radical (unpaired) electrons. The van der Waals surface area contributed by atoms with Crippen LogP contribution in [0.3, 0.4) is 0 Å². The zero-order valence-electron chi connectivity index (χ0n) is 18.7. The molecule has 5 N–H and O–H groups in total. The number of benzene rings is 3. The molecule has 3 unspecified atom stereocenters. The van der Waals surface area contributed by atoms with Gasteiger partial charge in [-0.15, -0.1) is 0 Å². The van der Waals surface area contributed by atoms with Crippen molar-refractivity contribution in [3.8, 4) is 11.1 Å². The van der Waals surface area contributed by atoms with Crippen LogP contribution in [0.15, 0.2) is 84.9 Å². The summed E-state index contributed by atoms with van der Waals surface area (Å²) in [5.41, 5.74) is 10.4. The van der Waals surface area contributed by atoms with Gasteiger partial charge in [0.05, 0.1) is 0 Å². The van der Waals surface area contributed by atoms with Gasteiger partial charge in [-0.25, -0.2) is 15.6 Å². The van der Waals surface area contributed by atoms with E-state index in [9.17, 15) is 19.8 Å². The molecule has 3 aromatic carbocycles. The van der Waals surface area contributed by atoms with Crippen LogP contribution in [0.2, 0.25) is 0 Å². The largest absolute Gasteiger partial charge is 0.479 e. The van der Waals surface area contributed by atoms with Crippen molar-refractivity contribution >= 4 is 11.9 Å². The van der Waals surface area contributed by atoms with Crippen LogP contribution >= 0.6 is 0 Å². The Bertz CT molecular complexity index is 1090. The molecule has 0 aliphatic carbocycles. The highest BCUT2D eigenvalue weighted by molar-refractivity contribution is 5.82. The monoisotopic (exact) mass is 459 g/mol. The molecule has 4 atom stereocenters. The number of aliphatic hydroxyl groups excluding tert-OH is 1. The number of carbonyl (C=O) groups is 2. The fraction of sp³-hybridized carbons (Fsp3) is 0.259. The molecule has 176 valence electrons. The van der Waals surface area contributed by atoms with E-state index in [1.165, 1.54) is 0 Å². The lowest BCUT2D eigenvalue weighted by Crippen LogP contribution is -2.48. The predicted octanol–water partition coefficient (Wildman–Crippen LogP) is 2.82. The van der Waals surface area contributed by atoms with Crippen molar-refractivity contribution in [3.63, 3.8) is 0 Å². The summed E-state index contributed by atoms with van der Waals surface area (Å²) in [6.45, 7) is 0. The summed E-state index contributed by atoms with van der Waals surface area (Å²) in [5, 5.41) is 22.1. The van der Waals surface area contributed by atoms with Gasteiger partial charge in [0, 0.05) is 18.5 Å². The van der Waals surface area contributed by atoms with Gasteiger partial charge in [-0.05, 0) is 35.1 Å². The molecule has 4 rings (SSSR count). The highest BCUT2D eigenvalue weighted by atomic mass is 16.4. The second-order valence-electron chi connectivity index (χ2n) is 8.60. The van der Waals surface area contributed by atoms with Gasteiger partial charge in [0.25, 0.3) is 0 Å². The molecule has 1 heterocycles. The summed E-state index contributed by atoms with van der Waals surface area (Å²) in [6.07, 6.45) is -0.659. The average Bonchev–Trinajstić information content (AvgIpc) is 3.36. The molecule has 0 aromatic heterocycles. The quantitative estimate of drug-likeness (QED) is 0.337. The number of hydrazine groups is 1. The van der Waals surface area contributed by atoms with E-state index >= 15 is 0 Å². The van der Waals surface area contributed by atoms with Gasteiger partial charge in [0.2, 0.25) is 5.91 Å². The SMILES string of the molecule is O=C(NC(Cc1ccc(-c2ccccc2)cc1)C[C@@H](O)C(=O)O)C1CC(c2ccccc2)NN1. The summed E-state index contributed by atoms with van der Waals surface area (Å²) in [4.78, 5) is 24.2. The van der Waals surface area contributed by atoms with Crippen molar-refractivity contribution in [3.05, 3.63) is 96.1 Å². The summed E-state index contributed by atoms with van der Waals surface area (Å²) in [7, 11) is 0. The first-order chi connectivity index (χ1) is 16.5. The third-order valence-electron chi connectivity index (χ3n) is 6.10. The van der Waals surface area contributed by atoms with Crippen molar-refractivity contribution in [2.45, 2.75) is 43.5 Å². The Morgan fingerprint density at radius 1 is 0.882 bits per heavy atom. The molecule has 1 aliphatic heterocycles. The first kappa shape index (κ1) is 23.6. The van der Waals surface area contributed by atoms with Gasteiger partial charge in [-0.3, -0.25) is 4.79 Å². The number of carboxylic acids is 1. The highest BCUT2D eigenvalue weighted by Gasteiger charge is 2.32. The lowest BCUT2D eigenvalue weighted by molar-refractivity contribution is -0.147. The Labute approximate surface area is 198 Å². The van der Waals surface area contributed by atoms with Gasteiger partial charge in [-0.2, -0.15) is 0 Å². The number of hydrogen-bond acceptors (Lipinski definition) is 5. The van der Waals surface area contributed by atoms with E-state index in [-0.39, 0.29) is 18.4 Å². The topological polar surface area (TPSA) is 111 Å². The molecule has 1 aliphatic rings. The summed E-state index contributed by atoms with van der Waals surface area (Å²) in [6, 6.07) is 26.8. The molecule has 0 spiro atoms. The molecular weight excluding hydrogens is 430 g/mol. The fourth-order valence-corrected chi connectivity index (χ4v) is 4.25. The number of nitrogens with one attached hydrogen (secondary N) is 3. The number of hydrogen-bond donors (Lipinski definition) is 5. The van der Waals surface area contributed by atoms with Crippen LogP contribution in [0, 0.1) is 0 Å². The van der Waals surface area contributed by atoms with E-state index in [0.29, 0.717) is 12.8 Å². The maximum absolute atomic E-state index is 13.0. The number of carbonyl (C=O) groups excluding carboxylic acids is 1. The standard InChI is InChI=1S/C27H29N3O4/c31-25(27(33)34)16-22(15-18-11-13-20(14-12-18)19-7-3-1-4-8-19)28-26(32)24-17-23(29-30-24)21-9-5-2-6-10-21/h1-14,22-25,29-31H,15-17H2,(H,28,32)(H,33,34)/t22?,23?,24?,25-/m1/s1. The van der Waals surface area contributed by atoms with Gasteiger partial charge in [-0.1, -0.05) is 84.9 Å². The molecule has 1 saturated heterocycles. The van der Waals surface area contributed by atoms with E-state index in [1.807, 2.05) is 84.9 Å². The molecule has 34 heavy (non-hydrogen) atoms. The lowest BCUT2D eigenvalue weighted by Gasteiger charge is -2.22. The van der Waals surface area contributed by atoms with E-state index in [1.54, 1.807) is 0 Å². The maximum Gasteiger partial charge on any atom is 0.332 e. The minimum Gasteiger partial charge on any atom is -0.479 e. The van der Waals surface area contributed by atoms with Crippen LogP contribution in [0.1, 0.15) is 30.0 Å². The van der Waals surface area contributed by atoms with Crippen LogP contribution in [-0.4, -0.2) is 40.3 Å². The fourth-order valence-electron chi connectivity index (χ4n) is 4.25. The predicted molar refractivity (Wildman–Crippen MR) is 130 cm³/mol. The van der Waals surface area contributed by atoms with E-state index < -0.39 is 24.2 Å². The molecule has 1 amide bonds. The van der Waals surface area contributed by atoms with Crippen LogP contribution in [0.25, 0.3) is 11.1 Å². The second-order valence-corrected chi connectivity index (χ2v) is 8.60. The summed E-state index contributed by atoms with van der Waals surface area (Å²) < 4.78 is 0. The minimum atomic E-state index is -1.55. The van der Waals surface area contributed by atoms with Crippen LogP contribution in [-0.2, 0) is 16.0 Å². The molecule has 3 aromatic rings. The third-order valence-corrected chi connectivity index (χ3v) is 6.10. The maximum atomic E-state index is 13.0. The lowest BCUT2D eigenvalue weighted by atomic mass is 9.97. The van der Waals surface area contributed by atoms with Crippen molar-refractivity contribution in [1.82, 2.24) is 16.2 Å². The molecule has 7 heteroatoms. The van der Waals surface area contributed by atoms with Crippen molar-refractivity contribution < 1.29 is 19.8 Å². The number of aliphatic hydroxyl groups is 1. The highest BCUT2D eigenvalue weighted by Crippen LogP contribution is 2.23. The molecule has 1 fully saturated rings. The van der Waals surface area contributed by atoms with E-state index in [4.69, 9.17) is 0 Å². The number of carboxylic acid groups (broad SMARTS) is 1. The number of rotatable bonds is 9. The Hall–Kier alpha value is -3.52. The van der Waals surface area contributed by atoms with Crippen LogP contribution in [0.4, 0.5) is 0 Å². The Morgan fingerprint density at radius 2 is 1.50 bits per heavy atom. The van der Waals surface area contributed by atoms with Gasteiger partial charge >= 0.3 is 5.97 Å². The van der Waals surface area contributed by atoms with Crippen molar-refractivity contribution in [2.24, 2.45) is 0 Å². The first-order valence-electron chi connectivity index (χ1n) is 11.4. The zero-order chi connectivity index (χ0) is 23.9. The molecule has 7 nitrogen and oxygen atoms in total. The Kier molecular flexibility index (Phi) is 7.69. The average molecular weight is 460 g/mol. The number of amides is 1.